The van der Waals surface area contributed by atoms with E-state index in [0.717, 1.165) is 61.4 Å². The van der Waals surface area contributed by atoms with Gasteiger partial charge in [-0.1, -0.05) is 112 Å². The van der Waals surface area contributed by atoms with E-state index in [0.29, 0.717) is 28.5 Å². The van der Waals surface area contributed by atoms with Gasteiger partial charge in [0, 0.05) is 31.3 Å². The van der Waals surface area contributed by atoms with Crippen molar-refractivity contribution in [3.8, 4) is 56.8 Å². The van der Waals surface area contributed by atoms with E-state index in [9.17, 15) is 5.11 Å². The van der Waals surface area contributed by atoms with Crippen LogP contribution < -0.4 is 9.92 Å². The summed E-state index contributed by atoms with van der Waals surface area (Å²) >= 11 is 1.78. The van der Waals surface area contributed by atoms with Crippen LogP contribution in [0.4, 0.5) is 0 Å². The number of aromatic nitrogens is 3. The summed E-state index contributed by atoms with van der Waals surface area (Å²) in [4.78, 5) is 10.8. The fourth-order valence-electron chi connectivity index (χ4n) is 8.54. The Bertz CT molecular complexity index is 3170. The lowest BCUT2D eigenvalue weighted by Crippen LogP contribution is -2.37. The third-order valence-corrected chi connectivity index (χ3v) is 14.7. The summed E-state index contributed by atoms with van der Waals surface area (Å²) in [6.07, 6.45) is 0. The van der Waals surface area contributed by atoms with Crippen LogP contribution in [0.5, 0.6) is 17.4 Å². The van der Waals surface area contributed by atoms with Crippen LogP contribution in [0.3, 0.4) is 0 Å². The highest BCUT2D eigenvalue weighted by molar-refractivity contribution is 7.26. The summed E-state index contributed by atoms with van der Waals surface area (Å²) in [5.41, 5.74) is 11.7. The first-order valence-electron chi connectivity index (χ1n) is 20.1. The number of aryl methyl sites for hydroxylation is 2. The van der Waals surface area contributed by atoms with Crippen LogP contribution >= 0.6 is 11.3 Å². The molecule has 0 fully saturated rings. The maximum absolute atomic E-state index is 11.7. The van der Waals surface area contributed by atoms with Gasteiger partial charge >= 0.3 is 0 Å². The number of nitrogens with zero attached hydrogens (tertiary/aromatic N) is 3. The first-order chi connectivity index (χ1) is 28.2. The molecule has 292 valence electrons. The lowest BCUT2D eigenvalue weighted by molar-refractivity contribution is 0.466. The molecule has 0 atom stereocenters. The molecular weight excluding hydrogens is 763 g/mol. The van der Waals surface area contributed by atoms with Crippen molar-refractivity contribution in [3.05, 3.63) is 138 Å². The Morgan fingerprint density at radius 2 is 1.44 bits per heavy atom. The minimum atomic E-state index is -1.69. The molecule has 8 heteroatoms. The molecule has 6 aromatic carbocycles. The average molecular weight is 808 g/mol. The Balaban J connectivity index is 1.22. The second-order valence-corrected chi connectivity index (χ2v) is 23.9. The van der Waals surface area contributed by atoms with E-state index >= 15 is 0 Å². The molecule has 10 rings (SSSR count). The Labute approximate surface area is 348 Å². The van der Waals surface area contributed by atoms with E-state index in [1.807, 2.05) is 36.4 Å². The van der Waals surface area contributed by atoms with Gasteiger partial charge in [-0.3, -0.25) is 4.57 Å². The summed E-state index contributed by atoms with van der Waals surface area (Å²) in [7, 11) is -1.69. The minimum absolute atomic E-state index is 0.213. The zero-order valence-electron chi connectivity index (χ0n) is 34.6. The molecule has 0 bridgehead atoms. The van der Waals surface area contributed by atoms with Crippen LogP contribution in [-0.4, -0.2) is 27.7 Å². The van der Waals surface area contributed by atoms with Gasteiger partial charge in [0.2, 0.25) is 5.88 Å². The number of benzene rings is 6. The monoisotopic (exact) mass is 807 g/mol. The van der Waals surface area contributed by atoms with Gasteiger partial charge in [0.05, 0.1) is 30.5 Å². The van der Waals surface area contributed by atoms with Gasteiger partial charge in [-0.15, -0.1) is 11.3 Å². The van der Waals surface area contributed by atoms with Crippen LogP contribution in [0, 0.1) is 13.8 Å². The lowest BCUT2D eigenvalue weighted by atomic mass is 9.81. The average Bonchev–Trinajstić information content (AvgIpc) is 3.90. The van der Waals surface area contributed by atoms with Crippen LogP contribution in [0.25, 0.3) is 81.8 Å². The summed E-state index contributed by atoms with van der Waals surface area (Å²) in [5.74, 6) is 1.92. The third-order valence-electron chi connectivity index (χ3n) is 11.5. The number of phenols is 1. The normalized spacial score (nSPS) is 12.5. The zero-order valence-corrected chi connectivity index (χ0v) is 36.4. The number of hydrogen-bond acceptors (Lipinski definition) is 6. The molecule has 0 aliphatic heterocycles. The van der Waals surface area contributed by atoms with Crippen molar-refractivity contribution in [2.24, 2.45) is 0 Å². The van der Waals surface area contributed by atoms with Gasteiger partial charge in [0.15, 0.2) is 5.75 Å². The van der Waals surface area contributed by atoms with Gasteiger partial charge in [-0.2, -0.15) is 0 Å². The summed E-state index contributed by atoms with van der Waals surface area (Å²) in [6, 6.07) is 41.7. The largest absolute Gasteiger partial charge is 0.507 e. The van der Waals surface area contributed by atoms with E-state index in [2.05, 4.69) is 144 Å². The molecule has 0 spiro atoms. The predicted molar refractivity (Wildman–Crippen MR) is 248 cm³/mol. The van der Waals surface area contributed by atoms with E-state index in [-0.39, 0.29) is 11.2 Å². The highest BCUT2D eigenvalue weighted by Gasteiger charge is 2.29. The predicted octanol–water partition coefficient (Wildman–Crippen LogP) is 13.9. The van der Waals surface area contributed by atoms with E-state index in [1.165, 1.54) is 25.4 Å². The molecule has 0 aliphatic rings. The smallest absolute Gasteiger partial charge is 0.228 e. The highest BCUT2D eigenvalue weighted by atomic mass is 32.1. The fraction of sp³-hybridized carbons (Fsp3) is 0.176. The quantitative estimate of drug-likeness (QED) is 0.162. The number of pyridine rings is 1. The molecule has 0 saturated carbocycles. The second kappa shape index (κ2) is 13.4. The fourth-order valence-corrected chi connectivity index (χ4v) is 10.9. The number of para-hydroxylation sites is 2. The maximum Gasteiger partial charge on any atom is 0.228 e. The van der Waals surface area contributed by atoms with Crippen molar-refractivity contribution in [3.63, 3.8) is 0 Å². The number of rotatable bonds is 7. The minimum Gasteiger partial charge on any atom is -0.507 e. The van der Waals surface area contributed by atoms with Crippen molar-refractivity contribution < 1.29 is 14.3 Å². The molecule has 0 unspecified atom stereocenters. The Morgan fingerprint density at radius 1 is 0.712 bits per heavy atom. The van der Waals surface area contributed by atoms with E-state index in [1.54, 1.807) is 11.3 Å². The molecule has 0 radical (unpaired) electrons. The van der Waals surface area contributed by atoms with Gasteiger partial charge in [-0.25, -0.2) is 9.97 Å². The van der Waals surface area contributed by atoms with Gasteiger partial charge in [-0.05, 0) is 96.1 Å². The Hall–Kier alpha value is -6.22. The van der Waals surface area contributed by atoms with Crippen LogP contribution in [0.2, 0.25) is 19.6 Å². The number of phenolic OH excluding ortho intramolecular Hbond substituents is 1. The molecule has 0 aliphatic carbocycles. The number of imidazole rings is 1. The van der Waals surface area contributed by atoms with E-state index < -0.39 is 8.07 Å². The number of aromatic hydroxyl groups is 1. The summed E-state index contributed by atoms with van der Waals surface area (Å²) < 4.78 is 18.2. The first-order valence-corrected chi connectivity index (χ1v) is 24.4. The number of ether oxygens (including phenoxy) is 1. The molecular formula is C51H45N3O3SSi. The van der Waals surface area contributed by atoms with Crippen molar-refractivity contribution in [2.75, 3.05) is 0 Å². The van der Waals surface area contributed by atoms with Crippen LogP contribution in [0.15, 0.2) is 126 Å². The van der Waals surface area contributed by atoms with Gasteiger partial charge in [0.1, 0.15) is 28.3 Å². The van der Waals surface area contributed by atoms with Gasteiger partial charge < -0.3 is 14.3 Å². The summed E-state index contributed by atoms with van der Waals surface area (Å²) in [5, 5.41) is 15.2. The molecule has 10 aromatic rings. The molecule has 4 heterocycles. The highest BCUT2D eigenvalue weighted by Crippen LogP contribution is 2.47. The van der Waals surface area contributed by atoms with Crippen molar-refractivity contribution >= 4 is 67.0 Å². The molecule has 0 amide bonds. The van der Waals surface area contributed by atoms with Gasteiger partial charge in [0.25, 0.3) is 0 Å². The van der Waals surface area contributed by atoms with Crippen LogP contribution in [-0.2, 0) is 5.41 Å². The Kier molecular flexibility index (Phi) is 8.43. The molecule has 59 heavy (non-hydrogen) atoms. The Morgan fingerprint density at radius 3 is 2.17 bits per heavy atom. The molecule has 6 nitrogen and oxygen atoms in total. The third kappa shape index (κ3) is 6.12. The SMILES string of the molecule is Cc1cccc(C)c1-n1c(-c2ccc([Si](C)(C)C)cc2O)nc2c(Oc3nc(-c4cc5oc6cccc7sc(c4)c5c67)cc(C(C)(C)C)c3-c3ccccc3)cccc21. The molecule has 0 saturated heterocycles. The number of hydrogen-bond donors (Lipinski definition) is 1. The second-order valence-electron chi connectivity index (χ2n) is 17.8. The number of fused-ring (bicyclic) bond motifs is 1. The summed E-state index contributed by atoms with van der Waals surface area (Å²) in [6.45, 7) is 17.8. The number of furan rings is 1. The topological polar surface area (TPSA) is 73.3 Å². The van der Waals surface area contributed by atoms with Crippen molar-refractivity contribution in [2.45, 2.75) is 59.7 Å². The maximum atomic E-state index is 11.7. The van der Waals surface area contributed by atoms with Crippen molar-refractivity contribution in [1.82, 2.24) is 14.5 Å². The lowest BCUT2D eigenvalue weighted by Gasteiger charge is -2.26. The van der Waals surface area contributed by atoms with Crippen LogP contribution in [0.1, 0.15) is 37.5 Å². The first kappa shape index (κ1) is 37.1. The van der Waals surface area contributed by atoms with Crippen molar-refractivity contribution in [1.29, 1.82) is 0 Å². The molecule has 4 aromatic heterocycles. The zero-order chi connectivity index (χ0) is 41.0. The standard InChI is InChI=1S/C51H45N3O3SSi/c1-29-15-12-16-30(2)48(29)54-37-19-13-21-40(47(37)53-49(54)34-24-23-33(27-38(34)55)59(6,7)8)57-50-44(31-17-10-9-11-18-31)35(51(3,4)5)28-36(52-50)32-25-41-46-43(26-32)58-42-22-14-20-39(56-41)45(42)46/h9-28,55H,1-8H3. The van der Waals surface area contributed by atoms with E-state index in [4.69, 9.17) is 19.1 Å². The molecule has 1 N–H and O–H groups in total. The number of thiophene rings is 1.